The van der Waals surface area contributed by atoms with Crippen LogP contribution in [0.1, 0.15) is 11.1 Å². The third-order valence-electron chi connectivity index (χ3n) is 3.45. The van der Waals surface area contributed by atoms with Crippen LogP contribution in [0, 0.1) is 22.7 Å². The number of nitriles is 2. The molecule has 120 valence electrons. The molecule has 7 heteroatoms. The summed E-state index contributed by atoms with van der Waals surface area (Å²) in [5.41, 5.74) is 5.58. The molecule has 0 bridgehead atoms. The predicted molar refractivity (Wildman–Crippen MR) is 90.7 cm³/mol. The summed E-state index contributed by atoms with van der Waals surface area (Å²) in [6.45, 7) is 0. The van der Waals surface area contributed by atoms with Gasteiger partial charge in [0.05, 0.1) is 0 Å². The molecule has 2 heterocycles. The molecule has 3 aromatic rings. The highest BCUT2D eigenvalue weighted by atomic mass is 16.5. The minimum atomic E-state index is -0.648. The molecule has 0 radical (unpaired) electrons. The molecule has 3 N–H and O–H groups in total. The molecular weight excluding hydrogens is 318 g/mol. The number of benzene rings is 1. The Morgan fingerprint density at radius 1 is 1.08 bits per heavy atom. The van der Waals surface area contributed by atoms with Gasteiger partial charge in [0.25, 0.3) is 5.56 Å². The van der Waals surface area contributed by atoms with Crippen LogP contribution in [0.15, 0.2) is 53.5 Å². The van der Waals surface area contributed by atoms with E-state index in [0.29, 0.717) is 17.2 Å². The van der Waals surface area contributed by atoms with Gasteiger partial charge in [0.2, 0.25) is 5.88 Å². The largest absolute Gasteiger partial charge is 0.439 e. The first-order valence-corrected chi connectivity index (χ1v) is 7.19. The zero-order valence-electron chi connectivity index (χ0n) is 12.9. The predicted octanol–water partition coefficient (Wildman–Crippen LogP) is 2.55. The Labute approximate surface area is 142 Å². The molecule has 25 heavy (non-hydrogen) atoms. The maximum Gasteiger partial charge on any atom is 0.268 e. The van der Waals surface area contributed by atoms with Gasteiger partial charge in [-0.1, -0.05) is 18.2 Å². The number of aromatic nitrogens is 2. The number of nitrogens with two attached hydrogens (primary N) is 1. The number of hydrogen-bond acceptors (Lipinski definition) is 6. The lowest BCUT2D eigenvalue weighted by molar-refractivity contribution is 0.463. The van der Waals surface area contributed by atoms with Crippen LogP contribution < -0.4 is 16.0 Å². The Morgan fingerprint density at radius 2 is 1.88 bits per heavy atom. The number of nitrogen functional groups attached to an aromatic ring is 1. The second kappa shape index (κ2) is 6.57. The average Bonchev–Trinajstić information content (AvgIpc) is 2.62. The average molecular weight is 329 g/mol. The molecule has 0 amide bonds. The van der Waals surface area contributed by atoms with E-state index in [9.17, 15) is 15.3 Å². The van der Waals surface area contributed by atoms with Crippen molar-refractivity contribution in [3.05, 3.63) is 70.1 Å². The van der Waals surface area contributed by atoms with E-state index >= 15 is 0 Å². The zero-order valence-corrected chi connectivity index (χ0v) is 12.9. The lowest BCUT2D eigenvalue weighted by Gasteiger charge is -2.10. The van der Waals surface area contributed by atoms with Crippen molar-refractivity contribution in [2.24, 2.45) is 0 Å². The summed E-state index contributed by atoms with van der Waals surface area (Å²) >= 11 is 0. The van der Waals surface area contributed by atoms with Gasteiger partial charge in [-0.3, -0.25) is 4.79 Å². The van der Waals surface area contributed by atoms with Crippen molar-refractivity contribution in [1.29, 1.82) is 10.5 Å². The first-order valence-electron chi connectivity index (χ1n) is 7.19. The third kappa shape index (κ3) is 3.03. The number of rotatable bonds is 3. The normalized spacial score (nSPS) is 9.84. The fourth-order valence-electron chi connectivity index (χ4n) is 2.38. The van der Waals surface area contributed by atoms with E-state index in [0.717, 1.165) is 0 Å². The number of pyridine rings is 2. The number of nitrogens with one attached hydrogen (secondary N) is 1. The van der Waals surface area contributed by atoms with Crippen LogP contribution >= 0.6 is 0 Å². The van der Waals surface area contributed by atoms with Gasteiger partial charge in [-0.25, -0.2) is 4.98 Å². The van der Waals surface area contributed by atoms with Crippen molar-refractivity contribution in [3.8, 4) is 34.9 Å². The van der Waals surface area contributed by atoms with Crippen LogP contribution in [0.4, 0.5) is 5.82 Å². The van der Waals surface area contributed by atoms with Crippen LogP contribution in [0.2, 0.25) is 0 Å². The summed E-state index contributed by atoms with van der Waals surface area (Å²) in [5.74, 6) is 0.756. The van der Waals surface area contributed by atoms with Gasteiger partial charge in [0, 0.05) is 17.8 Å². The Kier molecular flexibility index (Phi) is 4.15. The molecule has 2 aromatic heterocycles. The molecule has 0 saturated heterocycles. The van der Waals surface area contributed by atoms with E-state index in [1.165, 1.54) is 0 Å². The molecule has 0 aliphatic rings. The van der Waals surface area contributed by atoms with Crippen molar-refractivity contribution in [3.63, 3.8) is 0 Å². The highest BCUT2D eigenvalue weighted by Gasteiger charge is 2.18. The first kappa shape index (κ1) is 15.8. The molecular formula is C18H11N5O2. The molecule has 0 aliphatic heterocycles. The molecule has 0 atom stereocenters. The van der Waals surface area contributed by atoms with E-state index in [4.69, 9.17) is 10.5 Å². The lowest BCUT2D eigenvalue weighted by Crippen LogP contribution is -2.16. The smallest absolute Gasteiger partial charge is 0.268 e. The van der Waals surface area contributed by atoms with Gasteiger partial charge in [-0.05, 0) is 23.8 Å². The van der Waals surface area contributed by atoms with Gasteiger partial charge in [-0.15, -0.1) is 0 Å². The van der Waals surface area contributed by atoms with Gasteiger partial charge in [0.1, 0.15) is 34.8 Å². The van der Waals surface area contributed by atoms with Crippen LogP contribution in [-0.4, -0.2) is 9.97 Å². The summed E-state index contributed by atoms with van der Waals surface area (Å²) < 4.78 is 5.65. The summed E-state index contributed by atoms with van der Waals surface area (Å²) in [6, 6.07) is 15.7. The molecule has 0 aliphatic carbocycles. The molecule has 7 nitrogen and oxygen atoms in total. The lowest BCUT2D eigenvalue weighted by atomic mass is 9.96. The van der Waals surface area contributed by atoms with E-state index < -0.39 is 5.56 Å². The Hall–Kier alpha value is -4.10. The minimum absolute atomic E-state index is 0.0335. The van der Waals surface area contributed by atoms with E-state index in [-0.39, 0.29) is 22.5 Å². The Balaban J connectivity index is 2.15. The summed E-state index contributed by atoms with van der Waals surface area (Å²) in [5, 5.41) is 18.7. The van der Waals surface area contributed by atoms with Gasteiger partial charge >= 0.3 is 0 Å². The molecule has 0 saturated carbocycles. The number of ether oxygens (including phenoxy) is 1. The molecule has 3 rings (SSSR count). The van der Waals surface area contributed by atoms with E-state index in [1.807, 2.05) is 12.1 Å². The van der Waals surface area contributed by atoms with E-state index in [2.05, 4.69) is 9.97 Å². The highest BCUT2D eigenvalue weighted by molar-refractivity contribution is 5.80. The number of anilines is 1. The van der Waals surface area contributed by atoms with E-state index in [1.54, 1.807) is 48.7 Å². The Bertz CT molecular complexity index is 1080. The quantitative estimate of drug-likeness (QED) is 0.759. The minimum Gasteiger partial charge on any atom is -0.439 e. The van der Waals surface area contributed by atoms with Crippen molar-refractivity contribution in [2.75, 3.05) is 5.73 Å². The SMILES string of the molecule is N#Cc1c(N)[nH]c(=O)c(C#N)c1-c1cccc(Oc2ccccn2)c1. The zero-order chi connectivity index (χ0) is 17.8. The topological polar surface area (TPSA) is 129 Å². The number of aromatic amines is 1. The monoisotopic (exact) mass is 329 g/mol. The fraction of sp³-hybridized carbons (Fsp3) is 0. The van der Waals surface area contributed by atoms with Crippen LogP contribution in [0.5, 0.6) is 11.6 Å². The van der Waals surface area contributed by atoms with Crippen LogP contribution in [-0.2, 0) is 0 Å². The summed E-state index contributed by atoms with van der Waals surface area (Å²) in [4.78, 5) is 18.4. The second-order valence-electron chi connectivity index (χ2n) is 5.01. The molecule has 0 fully saturated rings. The number of H-pyrrole nitrogens is 1. The summed E-state index contributed by atoms with van der Waals surface area (Å²) in [7, 11) is 0. The first-order chi connectivity index (χ1) is 12.1. The standard InChI is InChI=1S/C18H11N5O2/c19-9-13-16(14(10-20)18(24)23-17(13)21)11-4-3-5-12(8-11)25-15-6-1-2-7-22-15/h1-8H,(H3,21,23,24). The third-order valence-corrected chi connectivity index (χ3v) is 3.45. The van der Waals surface area contributed by atoms with Gasteiger partial charge in [-0.2, -0.15) is 10.5 Å². The van der Waals surface area contributed by atoms with Crippen molar-refractivity contribution in [1.82, 2.24) is 9.97 Å². The van der Waals surface area contributed by atoms with Crippen LogP contribution in [0.3, 0.4) is 0 Å². The Morgan fingerprint density at radius 3 is 2.56 bits per heavy atom. The summed E-state index contributed by atoms with van der Waals surface area (Å²) in [6.07, 6.45) is 1.60. The van der Waals surface area contributed by atoms with Gasteiger partial charge in [0.15, 0.2) is 0 Å². The maximum absolute atomic E-state index is 12.0. The van der Waals surface area contributed by atoms with Crippen LogP contribution in [0.25, 0.3) is 11.1 Å². The molecule has 0 unspecified atom stereocenters. The number of hydrogen-bond donors (Lipinski definition) is 2. The van der Waals surface area contributed by atoms with Crippen molar-refractivity contribution in [2.45, 2.75) is 0 Å². The van der Waals surface area contributed by atoms with Gasteiger partial charge < -0.3 is 15.5 Å². The molecule has 1 aromatic carbocycles. The maximum atomic E-state index is 12.0. The second-order valence-corrected chi connectivity index (χ2v) is 5.01. The fourth-order valence-corrected chi connectivity index (χ4v) is 2.38. The van der Waals surface area contributed by atoms with Crippen molar-refractivity contribution >= 4 is 5.82 Å². The molecule has 0 spiro atoms. The van der Waals surface area contributed by atoms with Crippen molar-refractivity contribution < 1.29 is 4.74 Å². The number of nitrogens with zero attached hydrogens (tertiary/aromatic N) is 3. The highest BCUT2D eigenvalue weighted by Crippen LogP contribution is 2.31.